The summed E-state index contributed by atoms with van der Waals surface area (Å²) in [4.78, 5) is 0. The zero-order valence-electron chi connectivity index (χ0n) is 11.6. The van der Waals surface area contributed by atoms with Crippen LogP contribution < -0.4 is 0 Å². The number of hydrogen-bond acceptors (Lipinski definition) is 0. The molecule has 0 saturated heterocycles. The van der Waals surface area contributed by atoms with Crippen LogP contribution >= 0.6 is 0 Å². The molecule has 0 heterocycles. The quantitative estimate of drug-likeness (QED) is 0.682. The Morgan fingerprint density at radius 2 is 0.889 bits per heavy atom. The molecule has 18 heavy (non-hydrogen) atoms. The normalized spacial score (nSPS) is 9.44. The lowest BCUT2D eigenvalue weighted by Crippen LogP contribution is -1.92. The topological polar surface area (TPSA) is 0 Å². The first-order chi connectivity index (χ1) is 8.88. The summed E-state index contributed by atoms with van der Waals surface area (Å²) < 4.78 is 0. The van der Waals surface area contributed by atoms with E-state index in [0.717, 1.165) is 0 Å². The summed E-state index contributed by atoms with van der Waals surface area (Å²) in [6.07, 6.45) is 4.97. The maximum atomic E-state index is 2.26. The van der Waals surface area contributed by atoms with Gasteiger partial charge in [-0.05, 0) is 24.0 Å². The first kappa shape index (κ1) is 14.5. The molecule has 0 unspecified atom stereocenters. The van der Waals surface area contributed by atoms with Crippen molar-refractivity contribution in [3.05, 3.63) is 71.8 Å². The average Bonchev–Trinajstić information content (AvgIpc) is 2.44. The van der Waals surface area contributed by atoms with Crippen LogP contribution in [-0.2, 0) is 12.8 Å². The van der Waals surface area contributed by atoms with E-state index in [1.807, 2.05) is 36.4 Å². The number of hydrogen-bond donors (Lipinski definition) is 0. The van der Waals surface area contributed by atoms with E-state index in [-0.39, 0.29) is 0 Å². The Bertz CT molecular complexity index is 352. The molecule has 0 radical (unpaired) electrons. The lowest BCUT2D eigenvalue weighted by atomic mass is 10.00. The van der Waals surface area contributed by atoms with Crippen molar-refractivity contribution >= 4 is 0 Å². The van der Waals surface area contributed by atoms with E-state index in [1.54, 1.807) is 11.1 Å². The Kier molecular flexibility index (Phi) is 7.63. The summed E-state index contributed by atoms with van der Waals surface area (Å²) >= 11 is 0. The predicted molar refractivity (Wildman–Crippen MR) is 80.9 cm³/mol. The Hall–Kier alpha value is -1.56. The van der Waals surface area contributed by atoms with Crippen LogP contribution in [0.25, 0.3) is 0 Å². The van der Waals surface area contributed by atoms with Crippen molar-refractivity contribution in [2.75, 3.05) is 0 Å². The summed E-state index contributed by atoms with van der Waals surface area (Å²) in [7, 11) is 0. The van der Waals surface area contributed by atoms with Gasteiger partial charge in [0.15, 0.2) is 0 Å². The molecule has 0 aromatic heterocycles. The van der Waals surface area contributed by atoms with Crippen LogP contribution in [0.3, 0.4) is 0 Å². The monoisotopic (exact) mass is 240 g/mol. The van der Waals surface area contributed by atoms with Crippen LogP contribution in [0.4, 0.5) is 0 Å². The summed E-state index contributed by atoms with van der Waals surface area (Å²) in [5.74, 6) is 0. The van der Waals surface area contributed by atoms with E-state index in [2.05, 4.69) is 38.1 Å². The van der Waals surface area contributed by atoms with Gasteiger partial charge < -0.3 is 0 Å². The molecule has 0 fully saturated rings. The van der Waals surface area contributed by atoms with Crippen LogP contribution in [0, 0.1) is 0 Å². The summed E-state index contributed by atoms with van der Waals surface area (Å²) in [6, 6.07) is 20.8. The predicted octanol–water partition coefficient (Wildman–Crippen LogP) is 5.28. The van der Waals surface area contributed by atoms with Crippen molar-refractivity contribution in [3.8, 4) is 0 Å². The Morgan fingerprint density at radius 1 is 0.556 bits per heavy atom. The standard InChI is InChI=1S/C12H18.C6H6/c1-3-7-11-9-5-6-10-12(11)8-4-2;1-2-4-6-5-3-1/h5-6,9-10H,3-4,7-8H2,1-2H3;1-6H. The van der Waals surface area contributed by atoms with Crippen molar-refractivity contribution in [1.82, 2.24) is 0 Å². The van der Waals surface area contributed by atoms with Crippen LogP contribution in [0.2, 0.25) is 0 Å². The molecule has 0 spiro atoms. The molecular weight excluding hydrogens is 216 g/mol. The highest BCUT2D eigenvalue weighted by atomic mass is 14.0. The smallest absolute Gasteiger partial charge is 0.0279 e. The maximum Gasteiger partial charge on any atom is -0.0279 e. The SMILES string of the molecule is CCCc1ccccc1CCC.c1ccccc1. The summed E-state index contributed by atoms with van der Waals surface area (Å²) in [5, 5.41) is 0. The fourth-order valence-corrected chi connectivity index (χ4v) is 1.97. The van der Waals surface area contributed by atoms with Gasteiger partial charge in [-0.15, -0.1) is 0 Å². The maximum absolute atomic E-state index is 2.26. The largest absolute Gasteiger partial charge is 0.0651 e. The second-order valence-electron chi connectivity index (χ2n) is 4.42. The fraction of sp³-hybridized carbons (Fsp3) is 0.333. The van der Waals surface area contributed by atoms with Gasteiger partial charge in [0.1, 0.15) is 0 Å². The fourth-order valence-electron chi connectivity index (χ4n) is 1.97. The first-order valence-electron chi connectivity index (χ1n) is 6.95. The van der Waals surface area contributed by atoms with Crippen molar-refractivity contribution in [3.63, 3.8) is 0 Å². The Labute approximate surface area is 112 Å². The van der Waals surface area contributed by atoms with E-state index < -0.39 is 0 Å². The van der Waals surface area contributed by atoms with Gasteiger partial charge in [0.05, 0.1) is 0 Å². The zero-order valence-corrected chi connectivity index (χ0v) is 11.6. The zero-order chi connectivity index (χ0) is 13.1. The Morgan fingerprint density at radius 3 is 1.17 bits per heavy atom. The van der Waals surface area contributed by atoms with Crippen LogP contribution in [0.5, 0.6) is 0 Å². The molecule has 0 aliphatic heterocycles. The van der Waals surface area contributed by atoms with E-state index in [0.29, 0.717) is 0 Å². The van der Waals surface area contributed by atoms with E-state index in [1.165, 1.54) is 25.7 Å². The third-order valence-electron chi connectivity index (χ3n) is 2.82. The molecule has 0 N–H and O–H groups in total. The van der Waals surface area contributed by atoms with Crippen molar-refractivity contribution in [2.24, 2.45) is 0 Å². The average molecular weight is 240 g/mol. The minimum atomic E-state index is 1.23. The van der Waals surface area contributed by atoms with E-state index >= 15 is 0 Å². The van der Waals surface area contributed by atoms with Crippen LogP contribution in [-0.4, -0.2) is 0 Å². The number of aryl methyl sites for hydroxylation is 2. The molecule has 0 atom stereocenters. The summed E-state index contributed by atoms with van der Waals surface area (Å²) in [6.45, 7) is 4.48. The molecule has 2 rings (SSSR count). The molecule has 0 nitrogen and oxygen atoms in total. The van der Waals surface area contributed by atoms with Crippen LogP contribution in [0.15, 0.2) is 60.7 Å². The highest BCUT2D eigenvalue weighted by Gasteiger charge is 1.98. The third kappa shape index (κ3) is 5.67. The molecule has 0 saturated carbocycles. The molecule has 0 amide bonds. The molecule has 0 aliphatic rings. The van der Waals surface area contributed by atoms with Gasteiger partial charge in [-0.3, -0.25) is 0 Å². The highest BCUT2D eigenvalue weighted by Crippen LogP contribution is 2.12. The van der Waals surface area contributed by atoms with Crippen molar-refractivity contribution in [1.29, 1.82) is 0 Å². The molecule has 2 aromatic carbocycles. The van der Waals surface area contributed by atoms with E-state index in [9.17, 15) is 0 Å². The van der Waals surface area contributed by atoms with Crippen LogP contribution in [0.1, 0.15) is 37.8 Å². The molecule has 96 valence electrons. The van der Waals surface area contributed by atoms with Gasteiger partial charge in [0.25, 0.3) is 0 Å². The van der Waals surface area contributed by atoms with Gasteiger partial charge in [-0.1, -0.05) is 87.4 Å². The summed E-state index contributed by atoms with van der Waals surface area (Å²) in [5.41, 5.74) is 3.09. The molecular formula is C18H24. The van der Waals surface area contributed by atoms with E-state index in [4.69, 9.17) is 0 Å². The Balaban J connectivity index is 0.000000225. The van der Waals surface area contributed by atoms with Gasteiger partial charge in [-0.25, -0.2) is 0 Å². The molecule has 0 bridgehead atoms. The van der Waals surface area contributed by atoms with Gasteiger partial charge in [-0.2, -0.15) is 0 Å². The number of benzene rings is 2. The minimum Gasteiger partial charge on any atom is -0.0651 e. The molecule has 2 aromatic rings. The van der Waals surface area contributed by atoms with Gasteiger partial charge >= 0.3 is 0 Å². The first-order valence-corrected chi connectivity index (χ1v) is 6.95. The molecule has 0 heteroatoms. The van der Waals surface area contributed by atoms with Crippen molar-refractivity contribution < 1.29 is 0 Å². The number of rotatable bonds is 4. The second kappa shape index (κ2) is 9.47. The second-order valence-corrected chi connectivity index (χ2v) is 4.42. The third-order valence-corrected chi connectivity index (χ3v) is 2.82. The van der Waals surface area contributed by atoms with Crippen molar-refractivity contribution in [2.45, 2.75) is 39.5 Å². The van der Waals surface area contributed by atoms with Gasteiger partial charge in [0.2, 0.25) is 0 Å². The lowest BCUT2D eigenvalue weighted by molar-refractivity contribution is 0.861. The lowest BCUT2D eigenvalue weighted by Gasteiger charge is -2.06. The highest BCUT2D eigenvalue weighted by molar-refractivity contribution is 5.27. The van der Waals surface area contributed by atoms with Gasteiger partial charge in [0, 0.05) is 0 Å². The minimum absolute atomic E-state index is 1.23. The molecule has 0 aliphatic carbocycles.